The number of carboxylic acids is 1. The van der Waals surface area contributed by atoms with E-state index in [1.54, 1.807) is 18.2 Å². The summed E-state index contributed by atoms with van der Waals surface area (Å²) in [5.74, 6) is -0.977. The van der Waals surface area contributed by atoms with Gasteiger partial charge in [0.15, 0.2) is 5.78 Å². The molecule has 6 nitrogen and oxygen atoms in total. The molecule has 39 heavy (non-hydrogen) atoms. The summed E-state index contributed by atoms with van der Waals surface area (Å²) in [6.07, 6.45) is 1.90. The molecule has 3 aromatic carbocycles. The number of halogens is 1. The average molecular weight is 566 g/mol. The fourth-order valence-electron chi connectivity index (χ4n) is 6.54. The van der Waals surface area contributed by atoms with E-state index in [1.165, 1.54) is 12.1 Å². The van der Waals surface area contributed by atoms with E-state index >= 15 is 0 Å². The Hall–Kier alpha value is -3.00. The van der Waals surface area contributed by atoms with Gasteiger partial charge in [0, 0.05) is 45.7 Å². The molecule has 0 saturated heterocycles. The summed E-state index contributed by atoms with van der Waals surface area (Å²) in [7, 11) is 0.266. The lowest BCUT2D eigenvalue weighted by atomic mass is 9.70. The number of rotatable bonds is 8. The van der Waals surface area contributed by atoms with Crippen LogP contribution in [0.3, 0.4) is 0 Å². The molecule has 5 rings (SSSR count). The molecule has 2 N–H and O–H groups in total. The first kappa shape index (κ1) is 27.6. The number of fused-ring (bicyclic) bond motifs is 2. The molecular weight excluding hydrogens is 534 g/mol. The zero-order chi connectivity index (χ0) is 28.1. The Labute approximate surface area is 236 Å². The molecule has 3 aromatic rings. The van der Waals surface area contributed by atoms with E-state index in [1.807, 2.05) is 48.3 Å². The molecule has 2 aliphatic rings. The van der Waals surface area contributed by atoms with Gasteiger partial charge in [0.2, 0.25) is 0 Å². The molecule has 0 spiro atoms. The van der Waals surface area contributed by atoms with Crippen LogP contribution in [0.4, 0.5) is 11.4 Å². The monoisotopic (exact) mass is 565 g/mol. The fraction of sp³-hybridized carbons (Fsp3) is 0.355. The van der Waals surface area contributed by atoms with Gasteiger partial charge in [-0.15, -0.1) is 0 Å². The van der Waals surface area contributed by atoms with Crippen LogP contribution in [0.25, 0.3) is 0 Å². The molecule has 204 valence electrons. The lowest BCUT2D eigenvalue weighted by Gasteiger charge is -2.40. The highest BCUT2D eigenvalue weighted by Gasteiger charge is 2.64. The lowest BCUT2D eigenvalue weighted by molar-refractivity contribution is 0.0160. The van der Waals surface area contributed by atoms with E-state index in [0.29, 0.717) is 22.9 Å². The molecule has 2 fully saturated rings. The van der Waals surface area contributed by atoms with Crippen molar-refractivity contribution in [2.24, 2.45) is 16.7 Å². The van der Waals surface area contributed by atoms with Crippen LogP contribution in [0.2, 0.25) is 5.02 Å². The van der Waals surface area contributed by atoms with Crippen molar-refractivity contribution in [3.8, 4) is 0 Å². The third-order valence-electron chi connectivity index (χ3n) is 9.23. The van der Waals surface area contributed by atoms with E-state index in [-0.39, 0.29) is 33.0 Å². The van der Waals surface area contributed by atoms with Gasteiger partial charge in [-0.25, -0.2) is 4.79 Å². The van der Waals surface area contributed by atoms with Gasteiger partial charge in [0.05, 0.1) is 27.4 Å². The van der Waals surface area contributed by atoms with Gasteiger partial charge in [-0.1, -0.05) is 25.4 Å². The maximum atomic E-state index is 13.6. The standard InChI is InChI=1S/C31H32ClNO5S/c1-30(2)21-14-15-31(30,27(34)17-21)18-39(38)26-13-6-20(16-25(26)29(36)37)28(35)19-4-9-23(10-5-19)33(3)24-11-7-22(32)8-12-24/h4-13,16,21,27,34H,14-15,17-18H2,1-3H3,(H,36,37). The second kappa shape index (κ2) is 10.2. The number of aliphatic hydroxyl groups excluding tert-OH is 1. The topological polar surface area (TPSA) is 94.9 Å². The lowest BCUT2D eigenvalue weighted by Crippen LogP contribution is -2.43. The number of carboxylic acid groups (broad SMARTS) is 1. The van der Waals surface area contributed by atoms with Crippen molar-refractivity contribution in [1.29, 1.82) is 0 Å². The summed E-state index contributed by atoms with van der Waals surface area (Å²) in [5.41, 5.74) is 1.62. The van der Waals surface area contributed by atoms with Crippen LogP contribution >= 0.6 is 11.6 Å². The molecule has 0 aliphatic heterocycles. The maximum Gasteiger partial charge on any atom is 0.336 e. The van der Waals surface area contributed by atoms with Crippen molar-refractivity contribution < 1.29 is 24.0 Å². The summed E-state index contributed by atoms with van der Waals surface area (Å²) in [5, 5.41) is 21.4. The fourth-order valence-corrected chi connectivity index (χ4v) is 8.61. The summed E-state index contributed by atoms with van der Waals surface area (Å²) >= 11 is 5.98. The van der Waals surface area contributed by atoms with Crippen molar-refractivity contribution in [3.63, 3.8) is 0 Å². The summed E-state index contributed by atoms with van der Waals surface area (Å²) in [6.45, 7) is 4.24. The largest absolute Gasteiger partial charge is 0.478 e. The van der Waals surface area contributed by atoms with Crippen LogP contribution in [0.15, 0.2) is 71.6 Å². The summed E-state index contributed by atoms with van der Waals surface area (Å²) in [6, 6.07) is 18.8. The van der Waals surface area contributed by atoms with Gasteiger partial charge in [-0.2, -0.15) is 0 Å². The number of carbonyl (C=O) groups is 2. The van der Waals surface area contributed by atoms with Gasteiger partial charge in [0.25, 0.3) is 0 Å². The Bertz CT molecular complexity index is 1450. The van der Waals surface area contributed by atoms with Crippen molar-refractivity contribution in [2.75, 3.05) is 17.7 Å². The highest BCUT2D eigenvalue weighted by atomic mass is 35.5. The first-order valence-corrected chi connectivity index (χ1v) is 14.7. The smallest absolute Gasteiger partial charge is 0.336 e. The van der Waals surface area contributed by atoms with Gasteiger partial charge >= 0.3 is 5.97 Å². The Morgan fingerprint density at radius 1 is 1.00 bits per heavy atom. The number of benzene rings is 3. The average Bonchev–Trinajstić information content (AvgIpc) is 3.27. The Balaban J connectivity index is 1.38. The molecule has 0 amide bonds. The molecule has 2 aliphatic carbocycles. The van der Waals surface area contributed by atoms with Crippen LogP contribution in [-0.4, -0.2) is 45.1 Å². The van der Waals surface area contributed by atoms with Crippen molar-refractivity contribution in [2.45, 2.75) is 44.1 Å². The number of carbonyl (C=O) groups excluding carboxylic acids is 1. The number of anilines is 2. The number of hydrogen-bond acceptors (Lipinski definition) is 5. The zero-order valence-electron chi connectivity index (χ0n) is 22.2. The Morgan fingerprint density at radius 3 is 2.13 bits per heavy atom. The minimum absolute atomic E-state index is 0.144. The van der Waals surface area contributed by atoms with E-state index < -0.39 is 28.3 Å². The summed E-state index contributed by atoms with van der Waals surface area (Å²) in [4.78, 5) is 27.6. The molecule has 2 bridgehead atoms. The number of ketones is 1. The highest BCUT2D eigenvalue weighted by Crippen LogP contribution is 2.66. The van der Waals surface area contributed by atoms with E-state index in [9.17, 15) is 24.0 Å². The second-order valence-corrected chi connectivity index (χ2v) is 13.1. The van der Waals surface area contributed by atoms with Crippen LogP contribution in [-0.2, 0) is 10.8 Å². The van der Waals surface area contributed by atoms with Crippen molar-refractivity contribution in [3.05, 3.63) is 88.4 Å². The molecule has 4 unspecified atom stereocenters. The third kappa shape index (κ3) is 4.71. The molecule has 0 aromatic heterocycles. The van der Waals surface area contributed by atoms with Crippen LogP contribution in [0, 0.1) is 16.7 Å². The van der Waals surface area contributed by atoms with Gasteiger partial charge in [0.1, 0.15) is 0 Å². The van der Waals surface area contributed by atoms with Crippen molar-refractivity contribution in [1.82, 2.24) is 0 Å². The summed E-state index contributed by atoms with van der Waals surface area (Å²) < 4.78 is 13.6. The number of aliphatic hydroxyl groups is 1. The zero-order valence-corrected chi connectivity index (χ0v) is 23.8. The molecule has 0 heterocycles. The molecular formula is C31H32ClNO5S. The van der Waals surface area contributed by atoms with E-state index in [4.69, 9.17) is 11.6 Å². The van der Waals surface area contributed by atoms with E-state index in [0.717, 1.165) is 24.2 Å². The molecule has 8 heteroatoms. The number of aromatic carboxylic acids is 1. The Morgan fingerprint density at radius 2 is 1.59 bits per heavy atom. The third-order valence-corrected chi connectivity index (χ3v) is 11.1. The minimum atomic E-state index is -1.65. The first-order chi connectivity index (χ1) is 18.4. The Kier molecular flexibility index (Phi) is 7.20. The van der Waals surface area contributed by atoms with E-state index in [2.05, 4.69) is 13.8 Å². The van der Waals surface area contributed by atoms with Crippen molar-refractivity contribution >= 4 is 45.5 Å². The quantitative estimate of drug-likeness (QED) is 0.310. The molecule has 2 saturated carbocycles. The highest BCUT2D eigenvalue weighted by molar-refractivity contribution is 7.85. The van der Waals surface area contributed by atoms with Crippen LogP contribution in [0.5, 0.6) is 0 Å². The SMILES string of the molecule is CN(c1ccc(Cl)cc1)c1ccc(C(=O)c2ccc(S(=O)CC34CCC(CC3O)C4(C)C)c(C(=O)O)c2)cc1. The van der Waals surface area contributed by atoms with Gasteiger partial charge in [-0.05, 0) is 97.3 Å². The van der Waals surface area contributed by atoms with Crippen LogP contribution < -0.4 is 4.90 Å². The predicted molar refractivity (Wildman–Crippen MR) is 154 cm³/mol. The minimum Gasteiger partial charge on any atom is -0.478 e. The van der Waals surface area contributed by atoms with Gasteiger partial charge < -0.3 is 15.1 Å². The molecule has 4 atom stereocenters. The second-order valence-electron chi connectivity index (χ2n) is 11.3. The first-order valence-electron chi connectivity index (χ1n) is 13.0. The van der Waals surface area contributed by atoms with Crippen LogP contribution in [0.1, 0.15) is 59.4 Å². The maximum absolute atomic E-state index is 13.6. The normalized spacial score (nSPS) is 23.9. The molecule has 0 radical (unpaired) electrons. The number of nitrogens with zero attached hydrogens (tertiary/aromatic N) is 1. The van der Waals surface area contributed by atoms with Gasteiger partial charge in [-0.3, -0.25) is 9.00 Å². The predicted octanol–water partition coefficient (Wildman–Crippen LogP) is 6.33. The number of hydrogen-bond donors (Lipinski definition) is 2.